The van der Waals surface area contributed by atoms with Gasteiger partial charge in [-0.2, -0.15) is 0 Å². The standard InChI is InChI=1S/C32H42O8/c1-5-17-34-30-21(4)20(3)27(24(6-2)37-30)39-32-29(35-18-22-13-9-7-10-14-22)26(33)28-25(38-32)19-36-31(40-28)23-15-11-8-12-16-23/h5,7-16,20-21,24-33H,1,6,17-19H2,2-4H3/t20-,21?,24?,25?,26+,27+,28-,29?,30-,31?,32+/m1/s1. The van der Waals surface area contributed by atoms with Gasteiger partial charge in [0.25, 0.3) is 0 Å². The number of rotatable bonds is 10. The summed E-state index contributed by atoms with van der Waals surface area (Å²) in [5, 5.41) is 11.7. The van der Waals surface area contributed by atoms with Crippen LogP contribution < -0.4 is 0 Å². The molecule has 0 aliphatic carbocycles. The van der Waals surface area contributed by atoms with Gasteiger partial charge in [0, 0.05) is 11.5 Å². The van der Waals surface area contributed by atoms with E-state index in [9.17, 15) is 5.11 Å². The summed E-state index contributed by atoms with van der Waals surface area (Å²) in [4.78, 5) is 0. The van der Waals surface area contributed by atoms with Crippen LogP contribution in [0.5, 0.6) is 0 Å². The molecule has 5 rings (SSSR count). The van der Waals surface area contributed by atoms with Crippen LogP contribution in [0.15, 0.2) is 73.3 Å². The van der Waals surface area contributed by atoms with E-state index in [1.165, 1.54) is 0 Å². The highest BCUT2D eigenvalue weighted by molar-refractivity contribution is 5.17. The molecule has 1 N–H and O–H groups in total. The van der Waals surface area contributed by atoms with Gasteiger partial charge in [-0.1, -0.05) is 87.5 Å². The van der Waals surface area contributed by atoms with Crippen LogP contribution in [0.4, 0.5) is 0 Å². The van der Waals surface area contributed by atoms with Crippen molar-refractivity contribution in [1.82, 2.24) is 0 Å². The van der Waals surface area contributed by atoms with Crippen molar-refractivity contribution < 1.29 is 38.3 Å². The minimum absolute atomic E-state index is 0.0747. The van der Waals surface area contributed by atoms with Crippen molar-refractivity contribution in [3.05, 3.63) is 84.4 Å². The number of fused-ring (bicyclic) bond motifs is 1. The van der Waals surface area contributed by atoms with Crippen molar-refractivity contribution in [2.75, 3.05) is 13.2 Å². The van der Waals surface area contributed by atoms with E-state index in [0.717, 1.165) is 17.5 Å². The van der Waals surface area contributed by atoms with Crippen LogP contribution in [0.3, 0.4) is 0 Å². The zero-order valence-corrected chi connectivity index (χ0v) is 23.5. The first-order valence-electron chi connectivity index (χ1n) is 14.3. The van der Waals surface area contributed by atoms with Crippen LogP contribution in [-0.2, 0) is 39.8 Å². The van der Waals surface area contributed by atoms with Crippen LogP contribution in [0.2, 0.25) is 0 Å². The average Bonchev–Trinajstić information content (AvgIpc) is 2.99. The molecule has 0 bridgehead atoms. The summed E-state index contributed by atoms with van der Waals surface area (Å²) in [7, 11) is 0. The number of hydrogen-bond donors (Lipinski definition) is 1. The average molecular weight is 555 g/mol. The summed E-state index contributed by atoms with van der Waals surface area (Å²) in [5.41, 5.74) is 1.87. The zero-order valence-electron chi connectivity index (χ0n) is 23.5. The van der Waals surface area contributed by atoms with Crippen LogP contribution in [0.25, 0.3) is 0 Å². The molecule has 0 spiro atoms. The van der Waals surface area contributed by atoms with Crippen LogP contribution in [-0.4, -0.2) is 67.5 Å². The van der Waals surface area contributed by atoms with Crippen LogP contribution >= 0.6 is 0 Å². The van der Waals surface area contributed by atoms with Gasteiger partial charge in [0.2, 0.25) is 0 Å². The highest BCUT2D eigenvalue weighted by Crippen LogP contribution is 2.39. The largest absolute Gasteiger partial charge is 0.387 e. The molecule has 3 aliphatic rings. The Kier molecular flexibility index (Phi) is 10.0. The Morgan fingerprint density at radius 3 is 2.33 bits per heavy atom. The summed E-state index contributed by atoms with van der Waals surface area (Å²) < 4.78 is 44.0. The van der Waals surface area contributed by atoms with E-state index in [1.807, 2.05) is 60.7 Å². The molecule has 0 aromatic heterocycles. The van der Waals surface area contributed by atoms with E-state index in [2.05, 4.69) is 27.4 Å². The van der Waals surface area contributed by atoms with E-state index in [0.29, 0.717) is 13.2 Å². The Hall–Kier alpha value is -2.14. The maximum Gasteiger partial charge on any atom is 0.187 e. The van der Waals surface area contributed by atoms with Gasteiger partial charge in [0.15, 0.2) is 18.9 Å². The number of aliphatic hydroxyl groups excluding tert-OH is 1. The van der Waals surface area contributed by atoms with E-state index in [4.69, 9.17) is 33.2 Å². The lowest BCUT2D eigenvalue weighted by atomic mass is 9.83. The van der Waals surface area contributed by atoms with Crippen molar-refractivity contribution in [2.24, 2.45) is 11.8 Å². The summed E-state index contributed by atoms with van der Waals surface area (Å²) in [6, 6.07) is 19.5. The molecular formula is C32H42O8. The predicted octanol–water partition coefficient (Wildman–Crippen LogP) is 4.77. The van der Waals surface area contributed by atoms with E-state index in [-0.39, 0.29) is 36.9 Å². The van der Waals surface area contributed by atoms with Gasteiger partial charge in [-0.25, -0.2) is 0 Å². The quantitative estimate of drug-likeness (QED) is 0.421. The molecular weight excluding hydrogens is 512 g/mol. The number of aliphatic hydroxyl groups is 1. The summed E-state index contributed by atoms with van der Waals surface area (Å²) >= 11 is 0. The fourth-order valence-corrected chi connectivity index (χ4v) is 5.71. The molecule has 8 nitrogen and oxygen atoms in total. The lowest BCUT2D eigenvalue weighted by molar-refractivity contribution is -0.384. The lowest BCUT2D eigenvalue weighted by Crippen LogP contribution is -2.64. The molecule has 0 radical (unpaired) electrons. The summed E-state index contributed by atoms with van der Waals surface area (Å²) in [5.74, 6) is 0.175. The van der Waals surface area contributed by atoms with Crippen molar-refractivity contribution in [1.29, 1.82) is 0 Å². The fourth-order valence-electron chi connectivity index (χ4n) is 5.71. The first kappa shape index (κ1) is 29.4. The zero-order chi connectivity index (χ0) is 28.1. The fraction of sp³-hybridized carbons (Fsp3) is 0.562. The van der Waals surface area contributed by atoms with Crippen LogP contribution in [0.1, 0.15) is 44.6 Å². The van der Waals surface area contributed by atoms with E-state index < -0.39 is 37.0 Å². The summed E-state index contributed by atoms with van der Waals surface area (Å²) in [6.07, 6.45) is -2.77. The Balaban J connectivity index is 1.34. The Bertz CT molecular complexity index is 1050. The molecule has 40 heavy (non-hydrogen) atoms. The maximum absolute atomic E-state index is 11.7. The molecule has 0 saturated carbocycles. The number of ether oxygens (including phenoxy) is 7. The van der Waals surface area contributed by atoms with Gasteiger partial charge in [-0.3, -0.25) is 0 Å². The second kappa shape index (κ2) is 13.7. The van der Waals surface area contributed by atoms with Crippen LogP contribution in [0, 0.1) is 11.8 Å². The lowest BCUT2D eigenvalue weighted by Gasteiger charge is -2.50. The molecule has 2 aromatic carbocycles. The molecule has 3 heterocycles. The molecule has 5 unspecified atom stereocenters. The van der Waals surface area contributed by atoms with E-state index >= 15 is 0 Å². The molecule has 3 aliphatic heterocycles. The highest BCUT2D eigenvalue weighted by Gasteiger charge is 2.53. The topological polar surface area (TPSA) is 84.8 Å². The molecule has 8 heteroatoms. The molecule has 3 saturated heterocycles. The molecule has 218 valence electrons. The normalized spacial score (nSPS) is 38.0. The summed E-state index contributed by atoms with van der Waals surface area (Å²) in [6.45, 7) is 11.0. The van der Waals surface area contributed by atoms with Gasteiger partial charge in [0.05, 0.1) is 32.0 Å². The van der Waals surface area contributed by atoms with Crippen molar-refractivity contribution in [3.8, 4) is 0 Å². The molecule has 3 fully saturated rings. The second-order valence-electron chi connectivity index (χ2n) is 10.9. The van der Waals surface area contributed by atoms with Gasteiger partial charge in [-0.15, -0.1) is 6.58 Å². The monoisotopic (exact) mass is 554 g/mol. The highest BCUT2D eigenvalue weighted by atomic mass is 16.8. The number of benzene rings is 2. The van der Waals surface area contributed by atoms with Gasteiger partial charge in [0.1, 0.15) is 24.4 Å². The maximum atomic E-state index is 11.7. The predicted molar refractivity (Wildman–Crippen MR) is 148 cm³/mol. The van der Waals surface area contributed by atoms with Crippen molar-refractivity contribution in [2.45, 2.75) is 89.3 Å². The Labute approximate surface area is 237 Å². The van der Waals surface area contributed by atoms with E-state index in [1.54, 1.807) is 6.08 Å². The van der Waals surface area contributed by atoms with Crippen molar-refractivity contribution in [3.63, 3.8) is 0 Å². The Morgan fingerprint density at radius 1 is 0.900 bits per heavy atom. The third-order valence-electron chi connectivity index (χ3n) is 8.19. The number of hydrogen-bond acceptors (Lipinski definition) is 8. The molecule has 11 atom stereocenters. The third kappa shape index (κ3) is 6.50. The van der Waals surface area contributed by atoms with Gasteiger partial charge < -0.3 is 38.3 Å². The smallest absolute Gasteiger partial charge is 0.187 e. The Morgan fingerprint density at radius 2 is 1.62 bits per heavy atom. The second-order valence-corrected chi connectivity index (χ2v) is 10.9. The first-order valence-corrected chi connectivity index (χ1v) is 14.3. The molecule has 0 amide bonds. The minimum atomic E-state index is -0.997. The molecule has 2 aromatic rings. The van der Waals surface area contributed by atoms with Gasteiger partial charge in [-0.05, 0) is 17.9 Å². The van der Waals surface area contributed by atoms with Gasteiger partial charge >= 0.3 is 0 Å². The third-order valence-corrected chi connectivity index (χ3v) is 8.19. The SMILES string of the molecule is C=CCO[C@@H]1OC(CC)[C@@H](O[C@@H]2OC3COC(c4ccccc4)O[C@H]3[C@H](O)C2OCc2ccccc2)[C@H](C)C1C. The first-order chi connectivity index (χ1) is 19.5. The van der Waals surface area contributed by atoms with Crippen molar-refractivity contribution >= 4 is 0 Å². The minimum Gasteiger partial charge on any atom is -0.387 e.